The van der Waals surface area contributed by atoms with Gasteiger partial charge in [0.15, 0.2) is 0 Å². The molecule has 1 heterocycles. The number of hydrogen-bond donors (Lipinski definition) is 1. The van der Waals surface area contributed by atoms with E-state index in [4.69, 9.17) is 0 Å². The molecule has 1 fully saturated rings. The number of benzene rings is 3. The van der Waals surface area contributed by atoms with Crippen molar-refractivity contribution in [3.8, 4) is 0 Å². The van der Waals surface area contributed by atoms with Crippen LogP contribution in [0.15, 0.2) is 84.0 Å². The molecule has 0 spiro atoms. The highest BCUT2D eigenvalue weighted by Crippen LogP contribution is 2.50. The van der Waals surface area contributed by atoms with Crippen LogP contribution in [0.25, 0.3) is 0 Å². The van der Waals surface area contributed by atoms with Gasteiger partial charge < -0.3 is 9.47 Å². The molecule has 0 radical (unpaired) electrons. The lowest BCUT2D eigenvalue weighted by atomic mass is 9.87. The fourth-order valence-corrected chi connectivity index (χ4v) is 6.36. The van der Waals surface area contributed by atoms with Crippen molar-refractivity contribution >= 4 is 23.5 Å². The highest BCUT2D eigenvalue weighted by Gasteiger charge is 2.47. The molecule has 0 saturated heterocycles. The zero-order chi connectivity index (χ0) is 26.9. The normalized spacial score (nSPS) is 19.9. The van der Waals surface area contributed by atoms with E-state index in [2.05, 4.69) is 21.8 Å². The van der Waals surface area contributed by atoms with Crippen LogP contribution in [0.1, 0.15) is 53.7 Å². The molecule has 8 heteroatoms. The van der Waals surface area contributed by atoms with Crippen molar-refractivity contribution in [1.82, 2.24) is 14.3 Å². The van der Waals surface area contributed by atoms with Crippen LogP contribution in [-0.2, 0) is 24.8 Å². The lowest BCUT2D eigenvalue weighted by Gasteiger charge is -2.29. The summed E-state index contributed by atoms with van der Waals surface area (Å²) in [5.41, 5.74) is 3.83. The van der Waals surface area contributed by atoms with Crippen LogP contribution in [0, 0.1) is 17.6 Å². The number of anilines is 1. The van der Waals surface area contributed by atoms with E-state index < -0.39 is 0 Å². The van der Waals surface area contributed by atoms with Gasteiger partial charge in [0, 0.05) is 42.0 Å². The number of amides is 1. The maximum Gasteiger partial charge on any atom is 0.231 e. The summed E-state index contributed by atoms with van der Waals surface area (Å²) in [6.07, 6.45) is 7.21. The molecular weight excluding hydrogens is 514 g/mol. The molecule has 3 aromatic carbocycles. The molecule has 5 nitrogen and oxygen atoms in total. The molecule has 0 bridgehead atoms. The number of nitrogens with one attached hydrogen (secondary N) is 1. The molecule has 1 amide bonds. The zero-order valence-corrected chi connectivity index (χ0v) is 22.5. The number of rotatable bonds is 8. The Morgan fingerprint density at radius 1 is 1.10 bits per heavy atom. The second-order valence-corrected chi connectivity index (χ2v) is 11.3. The SMILES string of the molecule is Cn1ccnc1CN(C(=O)[C@@H]1C[C@H]1c1ccccc1F)c1ccc2c(c1)[C@H](NSc1cccc(F)c1)CCC2. The van der Waals surface area contributed by atoms with E-state index >= 15 is 0 Å². The third-order valence-corrected chi connectivity index (χ3v) is 8.66. The minimum absolute atomic E-state index is 0.0133. The predicted octanol–water partition coefficient (Wildman–Crippen LogP) is 6.71. The van der Waals surface area contributed by atoms with E-state index in [1.165, 1.54) is 35.7 Å². The number of imidazole rings is 1. The number of aryl methyl sites for hydroxylation is 2. The van der Waals surface area contributed by atoms with E-state index in [0.717, 1.165) is 41.2 Å². The van der Waals surface area contributed by atoms with Crippen LogP contribution in [0.5, 0.6) is 0 Å². The van der Waals surface area contributed by atoms with E-state index in [9.17, 15) is 13.6 Å². The zero-order valence-electron chi connectivity index (χ0n) is 21.7. The van der Waals surface area contributed by atoms with Crippen LogP contribution in [0.3, 0.4) is 0 Å². The Balaban J connectivity index is 1.28. The Kier molecular flexibility index (Phi) is 7.23. The molecule has 1 saturated carbocycles. The Morgan fingerprint density at radius 3 is 2.77 bits per heavy atom. The fourth-order valence-electron chi connectivity index (χ4n) is 5.52. The summed E-state index contributed by atoms with van der Waals surface area (Å²) in [5, 5.41) is 0. The molecule has 1 N–H and O–H groups in total. The van der Waals surface area contributed by atoms with Crippen LogP contribution in [0.2, 0.25) is 0 Å². The number of hydrogen-bond acceptors (Lipinski definition) is 4. The maximum absolute atomic E-state index is 14.5. The molecule has 0 aliphatic heterocycles. The van der Waals surface area contributed by atoms with Gasteiger partial charge in [-0.15, -0.1) is 0 Å². The molecular formula is C31H30F2N4OS. The van der Waals surface area contributed by atoms with Gasteiger partial charge in [0.1, 0.15) is 17.5 Å². The van der Waals surface area contributed by atoms with Crippen molar-refractivity contribution in [3.63, 3.8) is 0 Å². The second kappa shape index (κ2) is 10.9. The average molecular weight is 545 g/mol. The largest absolute Gasteiger partial charge is 0.337 e. The number of aromatic nitrogens is 2. The molecule has 1 aromatic heterocycles. The number of carbonyl (C=O) groups excluding carboxylic acids is 1. The van der Waals surface area contributed by atoms with Crippen molar-refractivity contribution in [2.45, 2.75) is 49.1 Å². The van der Waals surface area contributed by atoms with Crippen molar-refractivity contribution in [3.05, 3.63) is 113 Å². The number of fused-ring (bicyclic) bond motifs is 1. The average Bonchev–Trinajstić information content (AvgIpc) is 3.64. The van der Waals surface area contributed by atoms with E-state index in [1.807, 2.05) is 36.0 Å². The molecule has 4 aromatic rings. The molecule has 2 aliphatic rings. The fraction of sp³-hybridized carbons (Fsp3) is 0.290. The first kappa shape index (κ1) is 25.8. The Bertz CT molecular complexity index is 1510. The Morgan fingerprint density at radius 2 is 1.97 bits per heavy atom. The predicted molar refractivity (Wildman–Crippen MR) is 149 cm³/mol. The van der Waals surface area contributed by atoms with Crippen molar-refractivity contribution in [2.75, 3.05) is 4.90 Å². The van der Waals surface area contributed by atoms with Gasteiger partial charge in [-0.25, -0.2) is 13.8 Å². The van der Waals surface area contributed by atoms with Crippen molar-refractivity contribution in [2.24, 2.45) is 13.0 Å². The van der Waals surface area contributed by atoms with E-state index in [1.54, 1.807) is 29.3 Å². The van der Waals surface area contributed by atoms with Crippen molar-refractivity contribution in [1.29, 1.82) is 0 Å². The van der Waals surface area contributed by atoms with Gasteiger partial charge in [-0.05, 0) is 96.6 Å². The minimum Gasteiger partial charge on any atom is -0.337 e. The van der Waals surface area contributed by atoms with Gasteiger partial charge in [0.05, 0.1) is 6.54 Å². The van der Waals surface area contributed by atoms with Gasteiger partial charge in [-0.3, -0.25) is 9.52 Å². The van der Waals surface area contributed by atoms with Crippen LogP contribution in [0.4, 0.5) is 14.5 Å². The van der Waals surface area contributed by atoms with Crippen LogP contribution in [-0.4, -0.2) is 15.5 Å². The summed E-state index contributed by atoms with van der Waals surface area (Å²) in [5.74, 6) is -0.133. The third kappa shape index (κ3) is 5.49. The number of nitrogens with zero attached hydrogens (tertiary/aromatic N) is 3. The van der Waals surface area contributed by atoms with Gasteiger partial charge >= 0.3 is 0 Å². The molecule has 3 atom stereocenters. The Labute approximate surface area is 231 Å². The summed E-state index contributed by atoms with van der Waals surface area (Å²) in [4.78, 5) is 21.0. The smallest absolute Gasteiger partial charge is 0.231 e. The summed E-state index contributed by atoms with van der Waals surface area (Å²) < 4.78 is 33.6. The summed E-state index contributed by atoms with van der Waals surface area (Å²) in [7, 11) is 1.92. The summed E-state index contributed by atoms with van der Waals surface area (Å²) >= 11 is 1.43. The first-order valence-corrected chi connectivity index (χ1v) is 14.1. The highest BCUT2D eigenvalue weighted by molar-refractivity contribution is 7.97. The third-order valence-electron chi connectivity index (χ3n) is 7.77. The van der Waals surface area contributed by atoms with E-state index in [-0.39, 0.29) is 35.4 Å². The molecule has 200 valence electrons. The van der Waals surface area contributed by atoms with Gasteiger partial charge in [0.25, 0.3) is 0 Å². The van der Waals surface area contributed by atoms with Crippen molar-refractivity contribution < 1.29 is 13.6 Å². The van der Waals surface area contributed by atoms with Crippen LogP contribution < -0.4 is 9.62 Å². The number of carbonyl (C=O) groups is 1. The lowest BCUT2D eigenvalue weighted by Crippen LogP contribution is -2.33. The van der Waals surface area contributed by atoms with E-state index in [0.29, 0.717) is 18.5 Å². The highest BCUT2D eigenvalue weighted by atomic mass is 32.2. The minimum atomic E-state index is -0.268. The Hall–Kier alpha value is -3.49. The van der Waals surface area contributed by atoms with Gasteiger partial charge in [-0.2, -0.15) is 0 Å². The molecule has 39 heavy (non-hydrogen) atoms. The summed E-state index contributed by atoms with van der Waals surface area (Å²) in [6, 6.07) is 19.6. The standard InChI is InChI=1S/C31H30F2N4OS/c1-36-15-14-34-30(36)19-37(31(38)27-18-26(27)24-9-2-3-10-28(24)33)22-13-12-20-6-4-11-29(25(20)17-22)35-39-23-8-5-7-21(32)16-23/h2-3,5,7-10,12-17,26-27,29,35H,4,6,11,18-19H2,1H3/t26-,27+,29+/m0/s1. The molecule has 6 rings (SSSR count). The first-order valence-electron chi connectivity index (χ1n) is 13.3. The maximum atomic E-state index is 14.5. The lowest BCUT2D eigenvalue weighted by molar-refractivity contribution is -0.120. The first-order chi connectivity index (χ1) is 19.0. The molecule has 0 unspecified atom stereocenters. The van der Waals surface area contributed by atoms with Crippen LogP contribution >= 0.6 is 11.9 Å². The second-order valence-electron chi connectivity index (χ2n) is 10.4. The summed E-state index contributed by atoms with van der Waals surface area (Å²) in [6.45, 7) is 0.331. The van der Waals surface area contributed by atoms with Gasteiger partial charge in [0.2, 0.25) is 5.91 Å². The number of halogens is 2. The monoisotopic (exact) mass is 544 g/mol. The quantitative estimate of drug-likeness (QED) is 0.251. The van der Waals surface area contributed by atoms with Gasteiger partial charge in [-0.1, -0.05) is 30.3 Å². The molecule has 2 aliphatic carbocycles. The topological polar surface area (TPSA) is 50.2 Å².